The summed E-state index contributed by atoms with van der Waals surface area (Å²) in [5.41, 5.74) is 0.628. The van der Waals surface area contributed by atoms with Crippen LogP contribution in [-0.2, 0) is 45.6 Å². The molecule has 684 valence electrons. The first-order chi connectivity index (χ1) is 62.7. The van der Waals surface area contributed by atoms with Gasteiger partial charge in [0.25, 0.3) is 0 Å². The number of carbonyl (C=O) groups excluding carboxylic acids is 4. The number of nitrogens with zero attached hydrogens (tertiary/aromatic N) is 4. The highest BCUT2D eigenvalue weighted by molar-refractivity contribution is 5.92. The minimum Gasteiger partial charge on any atom is -0.508 e. The van der Waals surface area contributed by atoms with E-state index < -0.39 is 65.4 Å². The smallest absolute Gasteiger partial charge is 0.234 e. The lowest BCUT2D eigenvalue weighted by Gasteiger charge is -2.26. The summed E-state index contributed by atoms with van der Waals surface area (Å²) in [7, 11) is 4.44. The Morgan fingerprint density at radius 3 is 0.869 bits per heavy atom. The third-order valence-corrected chi connectivity index (χ3v) is 21.5. The van der Waals surface area contributed by atoms with Gasteiger partial charge in [-0.25, -0.2) is 0 Å². The summed E-state index contributed by atoms with van der Waals surface area (Å²) >= 11 is 0. The summed E-state index contributed by atoms with van der Waals surface area (Å²) in [6.07, 6.45) is 0. The second-order valence-electron chi connectivity index (χ2n) is 29.9. The molecule has 8 aromatic carbocycles. The molecule has 0 unspecified atom stereocenters. The van der Waals surface area contributed by atoms with Crippen molar-refractivity contribution in [3.05, 3.63) is 191 Å². The van der Waals surface area contributed by atoms with Gasteiger partial charge in [0.15, 0.2) is 56.2 Å². The molecular formula is C91H94N8O31. The van der Waals surface area contributed by atoms with Crippen LogP contribution in [-0.4, -0.2) is 257 Å². The average molecular weight is 1800 g/mol. The SMILES string of the molecule is COc1cc(-c2cc(=O)c3c(O)c(CO)c(OCCN4CCNC(=O)C4)cc3o2)ccc1O.COc1ccc(-c2cc(=O)c3c(O)c(CO)c(OCCN4CCNC(=O)C4)cc3o2)cc1OC.O=C1CN(CCOc2cc3oc(-c4ccc(O)c(O)c4)cc(=O)c3c(O)c2CO)CCN1.O=C1CN(CCOc2cc3oc(-c4ccc(O)cc4)cc(=O)c3c(O)c2CO)CCN1. The highest BCUT2D eigenvalue weighted by atomic mass is 16.5. The number of hydrogen-bond acceptors (Lipinski definition) is 35. The monoisotopic (exact) mass is 1790 g/mol. The maximum absolute atomic E-state index is 12.9. The second-order valence-corrected chi connectivity index (χ2v) is 29.9. The number of phenols is 8. The number of aromatic hydroxyl groups is 8. The molecule has 4 fully saturated rings. The molecule has 8 heterocycles. The number of aliphatic hydroxyl groups is 4. The summed E-state index contributed by atoms with van der Waals surface area (Å²) in [5.74, 6) is 0.249. The van der Waals surface area contributed by atoms with Crippen LogP contribution < -0.4 is 76.1 Å². The minimum atomic E-state index is -0.559. The van der Waals surface area contributed by atoms with E-state index in [1.165, 1.54) is 106 Å². The van der Waals surface area contributed by atoms with Crippen molar-refractivity contribution >= 4 is 67.5 Å². The standard InChI is InChI=1S/C24H26N2O8.C23H24N2O8.C22H22N2O8.C22H22N2O7/c1-31-17-4-3-14(9-20(17)32-2)18-10-16(28)23-21(34-18)11-19(15(13-27)24(23)30)33-8-7-26-6-5-25-22(29)12-26;1-31-19-8-13(2-3-15(19)27)17-9-16(28)22-20(33-17)10-18(14(12-26)23(22)30)32-7-6-25-5-4-24-21(29)11-25;25-11-13-18(31-6-5-24-4-3-23-20(29)10-24)9-19-21(22(13)30)16(28)8-17(32-19)12-1-2-14(26)15(27)7-12;25-12-15-18(30-8-7-24-6-5-23-20(28)11-24)10-19-21(22(15)29)16(27)9-17(31-19)13-1-3-14(26)4-2-13/h3-4,9-11,27,30H,5-8,12-13H2,1-2H3,(H,25,29);2-3,8-10,26-27,30H,4-7,11-12H2,1H3,(H,24,29);1-2,7-9,25-27,30H,3-6,10-11H2,(H,23,29);1-4,9-10,25-26,29H,5-8,11-12H2,(H,23,28). The van der Waals surface area contributed by atoms with Gasteiger partial charge in [-0.05, 0) is 78.9 Å². The van der Waals surface area contributed by atoms with Gasteiger partial charge in [0, 0.05) is 149 Å². The van der Waals surface area contributed by atoms with Crippen molar-refractivity contribution < 1.29 is 131 Å². The van der Waals surface area contributed by atoms with Crippen LogP contribution in [0.4, 0.5) is 0 Å². The van der Waals surface area contributed by atoms with Gasteiger partial charge >= 0.3 is 0 Å². The van der Waals surface area contributed by atoms with Crippen molar-refractivity contribution in [2.24, 2.45) is 0 Å². The van der Waals surface area contributed by atoms with Gasteiger partial charge in [-0.2, -0.15) is 0 Å². The number of carbonyl (C=O) groups is 4. The number of amides is 4. The summed E-state index contributed by atoms with van der Waals surface area (Å²) in [5, 5.41) is 131. The molecule has 4 aliphatic heterocycles. The van der Waals surface area contributed by atoms with Crippen LogP contribution in [0.3, 0.4) is 0 Å². The number of piperazine rings is 4. The molecule has 16 rings (SSSR count). The topological polar surface area (TPSA) is 558 Å². The van der Waals surface area contributed by atoms with Crippen molar-refractivity contribution in [1.82, 2.24) is 40.9 Å². The van der Waals surface area contributed by atoms with E-state index in [0.717, 1.165) is 6.07 Å². The number of aliphatic hydroxyl groups excluding tert-OH is 4. The van der Waals surface area contributed by atoms with Gasteiger partial charge in [0.1, 0.15) is 145 Å². The Balaban J connectivity index is 0.000000148. The lowest BCUT2D eigenvalue weighted by atomic mass is 10.1. The number of fused-ring (bicyclic) bond motifs is 4. The molecular weight excluding hydrogens is 1700 g/mol. The number of rotatable bonds is 27. The van der Waals surface area contributed by atoms with Crippen LogP contribution in [0.1, 0.15) is 22.3 Å². The molecule has 130 heavy (non-hydrogen) atoms. The first-order valence-corrected chi connectivity index (χ1v) is 40.8. The van der Waals surface area contributed by atoms with Crippen LogP contribution >= 0.6 is 0 Å². The molecule has 16 N–H and O–H groups in total. The van der Waals surface area contributed by atoms with Crippen LogP contribution in [0.2, 0.25) is 0 Å². The van der Waals surface area contributed by atoms with Gasteiger partial charge < -0.3 is 133 Å². The highest BCUT2D eigenvalue weighted by Gasteiger charge is 2.28. The molecule has 12 aromatic rings. The van der Waals surface area contributed by atoms with Gasteiger partial charge in [0.05, 0.1) is 96.2 Å². The third-order valence-electron chi connectivity index (χ3n) is 21.5. The zero-order chi connectivity index (χ0) is 92.6. The molecule has 39 heteroatoms. The minimum absolute atomic E-state index is 0.0297. The molecule has 4 aromatic heterocycles. The van der Waals surface area contributed by atoms with Crippen molar-refractivity contribution in [3.8, 4) is 132 Å². The van der Waals surface area contributed by atoms with E-state index in [0.29, 0.717) is 112 Å². The van der Waals surface area contributed by atoms with Crippen molar-refractivity contribution in [2.45, 2.75) is 26.4 Å². The molecule has 0 atom stereocenters. The van der Waals surface area contributed by atoms with Gasteiger partial charge in [-0.3, -0.25) is 58.0 Å². The largest absolute Gasteiger partial charge is 0.508 e. The summed E-state index contributed by atoms with van der Waals surface area (Å²) in [6, 6.07) is 30.4. The number of methoxy groups -OCH3 is 3. The number of benzene rings is 8. The predicted octanol–water partition coefficient (Wildman–Crippen LogP) is 4.72. The summed E-state index contributed by atoms with van der Waals surface area (Å²) in [4.78, 5) is 105. The Morgan fingerprint density at radius 2 is 0.577 bits per heavy atom. The van der Waals surface area contributed by atoms with E-state index in [1.54, 1.807) is 36.4 Å². The lowest BCUT2D eigenvalue weighted by molar-refractivity contribution is -0.125. The first-order valence-electron chi connectivity index (χ1n) is 40.8. The van der Waals surface area contributed by atoms with E-state index >= 15 is 0 Å². The first kappa shape index (κ1) is 92.8. The molecule has 0 spiro atoms. The average Bonchev–Trinajstić information content (AvgIpc) is 0.776. The Kier molecular flexibility index (Phi) is 30.1. The van der Waals surface area contributed by atoms with E-state index in [-0.39, 0.29) is 223 Å². The molecule has 0 bridgehead atoms. The lowest BCUT2D eigenvalue weighted by Crippen LogP contribution is -2.48. The summed E-state index contributed by atoms with van der Waals surface area (Å²) in [6.45, 7) is 6.67. The molecule has 4 saturated heterocycles. The zero-order valence-electron chi connectivity index (χ0n) is 70.5. The van der Waals surface area contributed by atoms with Gasteiger partial charge in [-0.15, -0.1) is 0 Å². The molecule has 4 amide bonds. The second kappa shape index (κ2) is 42.2. The number of phenolic OH excluding ortho intramolecular Hbond substituents is 4. The van der Waals surface area contributed by atoms with E-state index in [9.17, 15) is 99.6 Å². The third kappa shape index (κ3) is 21.7. The number of ether oxygens (including phenoxy) is 7. The van der Waals surface area contributed by atoms with E-state index in [1.807, 2.05) is 19.6 Å². The normalized spacial score (nSPS) is 14.4. The Bertz CT molecular complexity index is 6470. The molecule has 0 saturated carbocycles. The fourth-order valence-electron chi connectivity index (χ4n) is 14.8. The Labute approximate surface area is 737 Å². The van der Waals surface area contributed by atoms with Crippen molar-refractivity contribution in [1.29, 1.82) is 0 Å². The van der Waals surface area contributed by atoms with Gasteiger partial charge in [0.2, 0.25) is 23.6 Å². The van der Waals surface area contributed by atoms with Crippen molar-refractivity contribution in [2.75, 3.05) is 152 Å². The Hall–Kier alpha value is -14.8. The molecule has 0 radical (unpaired) electrons. The number of hydrogen-bond donors (Lipinski definition) is 16. The van der Waals surface area contributed by atoms with E-state index in [2.05, 4.69) is 21.3 Å². The predicted molar refractivity (Wildman–Crippen MR) is 468 cm³/mol. The van der Waals surface area contributed by atoms with Crippen LogP contribution in [0.15, 0.2) is 164 Å². The molecule has 0 aliphatic carbocycles. The quantitative estimate of drug-likeness (QED) is 0.0310. The molecule has 39 nitrogen and oxygen atoms in total. The van der Waals surface area contributed by atoms with Crippen LogP contribution in [0, 0.1) is 0 Å². The van der Waals surface area contributed by atoms with Gasteiger partial charge in [-0.1, -0.05) is 0 Å². The highest BCUT2D eigenvalue weighted by Crippen LogP contribution is 2.43. The van der Waals surface area contributed by atoms with Crippen LogP contribution in [0.25, 0.3) is 89.2 Å². The fraction of sp³-hybridized carbons (Fsp3) is 0.297. The number of nitrogens with one attached hydrogen (secondary N) is 4. The Morgan fingerprint density at radius 1 is 0.300 bits per heavy atom. The van der Waals surface area contributed by atoms with E-state index in [4.69, 9.17) is 50.8 Å². The maximum Gasteiger partial charge on any atom is 0.234 e. The fourth-order valence-corrected chi connectivity index (χ4v) is 14.8. The van der Waals surface area contributed by atoms with Crippen LogP contribution in [0.5, 0.6) is 86.2 Å². The maximum atomic E-state index is 12.9. The van der Waals surface area contributed by atoms with Crippen molar-refractivity contribution in [3.63, 3.8) is 0 Å². The summed E-state index contributed by atoms with van der Waals surface area (Å²) < 4.78 is 62.2. The molecule has 4 aliphatic rings. The zero-order valence-corrected chi connectivity index (χ0v) is 70.5.